The topological polar surface area (TPSA) is 92.5 Å². The number of nitro groups is 1. The molecule has 0 aromatic heterocycles. The highest BCUT2D eigenvalue weighted by atomic mass is 127. The number of benzene rings is 1. The predicted molar refractivity (Wildman–Crippen MR) is 86.0 cm³/mol. The van der Waals surface area contributed by atoms with Gasteiger partial charge < -0.3 is 10.4 Å². The second kappa shape index (κ2) is 6.25. The van der Waals surface area contributed by atoms with Gasteiger partial charge in [-0.3, -0.25) is 10.1 Å². The van der Waals surface area contributed by atoms with Crippen LogP contribution in [0, 0.1) is 10.1 Å². The Morgan fingerprint density at radius 3 is 2.52 bits per heavy atom. The van der Waals surface area contributed by atoms with E-state index in [1.165, 1.54) is 12.1 Å². The highest BCUT2D eigenvalue weighted by molar-refractivity contribution is 14.1. The average Bonchev–Trinajstić information content (AvgIpc) is 2.45. The lowest BCUT2D eigenvalue weighted by Crippen LogP contribution is -2.24. The van der Waals surface area contributed by atoms with Crippen LogP contribution >= 0.6 is 22.6 Å². The van der Waals surface area contributed by atoms with E-state index in [0.717, 1.165) is 9.27 Å². The SMILES string of the molecule is CCC1=C(C(=O)O)C(c2ccc([N+](=O)[O-])cc2)C=C(I)N1. The fourth-order valence-electron chi connectivity index (χ4n) is 2.28. The van der Waals surface area contributed by atoms with Crippen molar-refractivity contribution in [1.29, 1.82) is 0 Å². The molecule has 2 N–H and O–H groups in total. The Bertz CT molecular complexity index is 649. The van der Waals surface area contributed by atoms with E-state index in [0.29, 0.717) is 12.1 Å². The van der Waals surface area contributed by atoms with Gasteiger partial charge in [0.05, 0.1) is 14.2 Å². The van der Waals surface area contributed by atoms with Crippen LogP contribution in [0.3, 0.4) is 0 Å². The van der Waals surface area contributed by atoms with Gasteiger partial charge in [-0.1, -0.05) is 19.1 Å². The van der Waals surface area contributed by atoms with Gasteiger partial charge in [-0.05, 0) is 40.7 Å². The van der Waals surface area contributed by atoms with Crippen LogP contribution in [-0.4, -0.2) is 16.0 Å². The summed E-state index contributed by atoms with van der Waals surface area (Å²) >= 11 is 2.10. The second-order valence-corrected chi connectivity index (χ2v) is 5.68. The fourth-order valence-corrected chi connectivity index (χ4v) is 2.96. The monoisotopic (exact) mass is 400 g/mol. The predicted octanol–water partition coefficient (Wildman–Crippen LogP) is 3.31. The van der Waals surface area contributed by atoms with Crippen LogP contribution in [-0.2, 0) is 4.79 Å². The number of nitro benzene ring substituents is 1. The van der Waals surface area contributed by atoms with Crippen molar-refractivity contribution in [3.8, 4) is 0 Å². The van der Waals surface area contributed by atoms with Crippen molar-refractivity contribution in [2.45, 2.75) is 19.3 Å². The molecule has 0 fully saturated rings. The molecule has 110 valence electrons. The molecule has 7 heteroatoms. The molecular weight excluding hydrogens is 387 g/mol. The van der Waals surface area contributed by atoms with E-state index >= 15 is 0 Å². The van der Waals surface area contributed by atoms with Crippen LogP contribution in [0.1, 0.15) is 24.8 Å². The number of nitrogens with zero attached hydrogens (tertiary/aromatic N) is 1. The Morgan fingerprint density at radius 1 is 1.43 bits per heavy atom. The third kappa shape index (κ3) is 3.23. The van der Waals surface area contributed by atoms with Gasteiger partial charge >= 0.3 is 5.97 Å². The van der Waals surface area contributed by atoms with Gasteiger partial charge in [0.2, 0.25) is 0 Å². The third-order valence-corrected chi connectivity index (χ3v) is 3.90. The molecule has 1 unspecified atom stereocenters. The summed E-state index contributed by atoms with van der Waals surface area (Å²) in [5, 5.41) is 23.2. The first-order valence-corrected chi connectivity index (χ1v) is 7.37. The van der Waals surface area contributed by atoms with Gasteiger partial charge in [0.1, 0.15) is 0 Å². The Balaban J connectivity index is 2.48. The second-order valence-electron chi connectivity index (χ2n) is 4.52. The average molecular weight is 400 g/mol. The molecule has 0 amide bonds. The van der Waals surface area contributed by atoms with Gasteiger partial charge in [0.15, 0.2) is 0 Å². The van der Waals surface area contributed by atoms with E-state index in [-0.39, 0.29) is 11.3 Å². The number of hydrogen-bond acceptors (Lipinski definition) is 4. The van der Waals surface area contributed by atoms with Crippen molar-refractivity contribution in [3.63, 3.8) is 0 Å². The molecule has 1 aliphatic rings. The molecule has 0 bridgehead atoms. The zero-order valence-corrected chi connectivity index (χ0v) is 13.3. The molecule has 0 spiro atoms. The first kappa shape index (κ1) is 15.5. The third-order valence-electron chi connectivity index (χ3n) is 3.27. The van der Waals surface area contributed by atoms with Crippen molar-refractivity contribution < 1.29 is 14.8 Å². The van der Waals surface area contributed by atoms with Gasteiger partial charge in [-0.15, -0.1) is 0 Å². The zero-order valence-electron chi connectivity index (χ0n) is 11.2. The Morgan fingerprint density at radius 2 is 2.05 bits per heavy atom. The standard InChI is InChI=1S/C14H13IN2O4/c1-2-11-13(14(18)19)10(7-12(15)16-11)8-3-5-9(6-4-8)17(20)21/h3-7,10,16H,2H2,1H3,(H,18,19). The maximum absolute atomic E-state index is 11.6. The molecule has 21 heavy (non-hydrogen) atoms. The lowest BCUT2D eigenvalue weighted by Gasteiger charge is -2.25. The number of nitrogens with one attached hydrogen (secondary N) is 1. The van der Waals surface area contributed by atoms with Crippen molar-refractivity contribution in [2.24, 2.45) is 0 Å². The maximum Gasteiger partial charge on any atom is 0.334 e. The number of rotatable bonds is 4. The van der Waals surface area contributed by atoms with E-state index in [1.54, 1.807) is 12.1 Å². The number of aliphatic carboxylic acids is 1. The Labute approximate surface area is 134 Å². The normalized spacial score (nSPS) is 18.0. The van der Waals surface area contributed by atoms with Crippen molar-refractivity contribution >= 4 is 34.2 Å². The number of carboxylic acid groups (broad SMARTS) is 1. The van der Waals surface area contributed by atoms with Crippen molar-refractivity contribution in [3.05, 3.63) is 61.0 Å². The largest absolute Gasteiger partial charge is 0.478 e. The van der Waals surface area contributed by atoms with E-state index in [2.05, 4.69) is 27.9 Å². The highest BCUT2D eigenvalue weighted by Crippen LogP contribution is 2.35. The van der Waals surface area contributed by atoms with Crippen molar-refractivity contribution in [1.82, 2.24) is 5.32 Å². The zero-order chi connectivity index (χ0) is 15.6. The van der Waals surface area contributed by atoms with Crippen molar-refractivity contribution in [2.75, 3.05) is 0 Å². The molecule has 1 atom stereocenters. The summed E-state index contributed by atoms with van der Waals surface area (Å²) in [5.74, 6) is -1.39. The maximum atomic E-state index is 11.6. The summed E-state index contributed by atoms with van der Waals surface area (Å²) in [6.07, 6.45) is 2.38. The van der Waals surface area contributed by atoms with Crippen LogP contribution in [0.2, 0.25) is 0 Å². The van der Waals surface area contributed by atoms with E-state index in [1.807, 2.05) is 13.0 Å². The molecule has 1 aliphatic heterocycles. The lowest BCUT2D eigenvalue weighted by molar-refractivity contribution is -0.384. The van der Waals surface area contributed by atoms with E-state index in [4.69, 9.17) is 0 Å². The molecule has 1 aromatic carbocycles. The fraction of sp³-hybridized carbons (Fsp3) is 0.214. The minimum atomic E-state index is -0.983. The molecular formula is C14H13IN2O4. The first-order chi connectivity index (χ1) is 9.93. The van der Waals surface area contributed by atoms with Gasteiger partial charge in [0, 0.05) is 23.7 Å². The summed E-state index contributed by atoms with van der Waals surface area (Å²) in [6, 6.07) is 5.99. The number of halogens is 1. The van der Waals surface area contributed by atoms with E-state index < -0.39 is 16.8 Å². The number of carbonyl (C=O) groups is 1. The van der Waals surface area contributed by atoms with Crippen LogP contribution < -0.4 is 5.32 Å². The number of hydrogen-bond donors (Lipinski definition) is 2. The molecule has 1 aromatic rings. The summed E-state index contributed by atoms with van der Waals surface area (Å²) in [5.41, 5.74) is 1.66. The molecule has 0 saturated heterocycles. The minimum Gasteiger partial charge on any atom is -0.478 e. The Hall–Kier alpha value is -1.90. The van der Waals surface area contributed by atoms with Crippen LogP contribution in [0.5, 0.6) is 0 Å². The number of carboxylic acids is 1. The number of dihydropyridines is 1. The molecule has 0 aliphatic carbocycles. The van der Waals surface area contributed by atoms with Gasteiger partial charge in [-0.25, -0.2) is 4.79 Å². The summed E-state index contributed by atoms with van der Waals surface area (Å²) in [6.45, 7) is 1.88. The lowest BCUT2D eigenvalue weighted by atomic mass is 9.87. The smallest absolute Gasteiger partial charge is 0.334 e. The Kier molecular flexibility index (Phi) is 4.61. The first-order valence-electron chi connectivity index (χ1n) is 6.29. The van der Waals surface area contributed by atoms with Crippen LogP contribution in [0.4, 0.5) is 5.69 Å². The molecule has 0 radical (unpaired) electrons. The molecule has 1 heterocycles. The summed E-state index contributed by atoms with van der Waals surface area (Å²) in [4.78, 5) is 21.8. The number of allylic oxidation sites excluding steroid dienone is 2. The number of non-ortho nitro benzene ring substituents is 1. The highest BCUT2D eigenvalue weighted by Gasteiger charge is 2.28. The van der Waals surface area contributed by atoms with Gasteiger partial charge in [-0.2, -0.15) is 0 Å². The van der Waals surface area contributed by atoms with E-state index in [9.17, 15) is 20.0 Å². The molecule has 0 saturated carbocycles. The quantitative estimate of drug-likeness (QED) is 0.350. The minimum absolute atomic E-state index is 0.0112. The van der Waals surface area contributed by atoms with Gasteiger partial charge in [0.25, 0.3) is 5.69 Å². The summed E-state index contributed by atoms with van der Waals surface area (Å²) in [7, 11) is 0. The molecule has 2 rings (SSSR count). The van der Waals surface area contributed by atoms with Crippen LogP contribution in [0.25, 0.3) is 0 Å². The summed E-state index contributed by atoms with van der Waals surface area (Å²) < 4.78 is 0.845. The molecule has 6 nitrogen and oxygen atoms in total. The van der Waals surface area contributed by atoms with Crippen LogP contribution in [0.15, 0.2) is 45.3 Å².